The first kappa shape index (κ1) is 19.4. The number of anilines is 1. The van der Waals surface area contributed by atoms with Crippen LogP contribution >= 0.6 is 23.5 Å². The van der Waals surface area contributed by atoms with E-state index >= 15 is 0 Å². The topological polar surface area (TPSA) is 38.3 Å². The molecule has 0 aliphatic heterocycles. The minimum atomic E-state index is -0.0118. The Morgan fingerprint density at radius 1 is 0.852 bits per heavy atom. The van der Waals surface area contributed by atoms with Gasteiger partial charge in [0.05, 0.1) is 12.9 Å². The fourth-order valence-corrected chi connectivity index (χ4v) is 3.96. The zero-order chi connectivity index (χ0) is 18.9. The van der Waals surface area contributed by atoms with Crippen molar-refractivity contribution in [1.82, 2.24) is 0 Å². The molecule has 1 N–H and O–H groups in total. The van der Waals surface area contributed by atoms with Gasteiger partial charge in [0.2, 0.25) is 5.91 Å². The van der Waals surface area contributed by atoms with Gasteiger partial charge in [0, 0.05) is 21.2 Å². The minimum absolute atomic E-state index is 0.0118. The molecule has 3 aromatic carbocycles. The van der Waals surface area contributed by atoms with E-state index in [-0.39, 0.29) is 5.91 Å². The van der Waals surface area contributed by atoms with Gasteiger partial charge < -0.3 is 10.1 Å². The Bertz CT molecular complexity index is 850. The second kappa shape index (κ2) is 10.1. The van der Waals surface area contributed by atoms with E-state index in [9.17, 15) is 4.79 Å². The molecular formula is C22H21NO2S2. The molecule has 27 heavy (non-hydrogen) atoms. The van der Waals surface area contributed by atoms with Crippen molar-refractivity contribution in [3.05, 3.63) is 84.4 Å². The van der Waals surface area contributed by atoms with Crippen LogP contribution in [0.15, 0.2) is 88.7 Å². The molecule has 0 saturated heterocycles. The van der Waals surface area contributed by atoms with E-state index in [2.05, 4.69) is 29.6 Å². The molecule has 0 fully saturated rings. The van der Waals surface area contributed by atoms with Crippen LogP contribution in [0.4, 0.5) is 5.69 Å². The summed E-state index contributed by atoms with van der Waals surface area (Å²) in [5.74, 6) is 2.08. The predicted octanol–water partition coefficient (Wildman–Crippen LogP) is 5.72. The number of thioether (sulfide) groups is 2. The van der Waals surface area contributed by atoms with Gasteiger partial charge in [-0.15, -0.1) is 23.5 Å². The summed E-state index contributed by atoms with van der Waals surface area (Å²) in [5, 5.41) is 2.94. The standard InChI is InChI=1S/C22H21NO2S2/c1-25-19-11-13-21(14-12-19)27-16-22(24)23-18-9-7-17(8-10-18)15-26-20-5-3-2-4-6-20/h2-14H,15-16H2,1H3,(H,23,24). The van der Waals surface area contributed by atoms with Gasteiger partial charge in [-0.1, -0.05) is 30.3 Å². The second-order valence-electron chi connectivity index (χ2n) is 5.81. The van der Waals surface area contributed by atoms with Crippen LogP contribution in [0.2, 0.25) is 0 Å². The van der Waals surface area contributed by atoms with Crippen molar-refractivity contribution in [2.45, 2.75) is 15.5 Å². The Kier molecular flexibility index (Phi) is 7.25. The first-order valence-corrected chi connectivity index (χ1v) is 10.5. The molecule has 3 nitrogen and oxygen atoms in total. The molecule has 0 atom stereocenters. The van der Waals surface area contributed by atoms with Gasteiger partial charge in [0.1, 0.15) is 5.75 Å². The van der Waals surface area contributed by atoms with Crippen LogP contribution in [0, 0.1) is 0 Å². The van der Waals surface area contributed by atoms with Crippen LogP contribution < -0.4 is 10.1 Å². The zero-order valence-electron chi connectivity index (χ0n) is 15.1. The summed E-state index contributed by atoms with van der Waals surface area (Å²) in [6.07, 6.45) is 0. The maximum Gasteiger partial charge on any atom is 0.234 e. The summed E-state index contributed by atoms with van der Waals surface area (Å²) in [6, 6.07) is 26.1. The highest BCUT2D eigenvalue weighted by Crippen LogP contribution is 2.24. The molecule has 0 spiro atoms. The van der Waals surface area contributed by atoms with Crippen molar-refractivity contribution in [2.75, 3.05) is 18.2 Å². The van der Waals surface area contributed by atoms with E-state index in [4.69, 9.17) is 4.74 Å². The van der Waals surface area contributed by atoms with Crippen LogP contribution in [0.25, 0.3) is 0 Å². The summed E-state index contributed by atoms with van der Waals surface area (Å²) in [6.45, 7) is 0. The zero-order valence-corrected chi connectivity index (χ0v) is 16.7. The van der Waals surface area contributed by atoms with E-state index in [0.717, 1.165) is 22.1 Å². The average molecular weight is 396 g/mol. The lowest BCUT2D eigenvalue weighted by Gasteiger charge is -2.07. The molecule has 0 bridgehead atoms. The highest BCUT2D eigenvalue weighted by molar-refractivity contribution is 8.00. The number of ether oxygens (including phenoxy) is 1. The third-order valence-corrected chi connectivity index (χ3v) is 5.91. The lowest BCUT2D eigenvalue weighted by molar-refractivity contribution is -0.113. The molecule has 0 unspecified atom stereocenters. The Labute approximate surface area is 168 Å². The monoisotopic (exact) mass is 395 g/mol. The quantitative estimate of drug-likeness (QED) is 0.495. The van der Waals surface area contributed by atoms with E-state index in [0.29, 0.717) is 5.75 Å². The molecule has 1 amide bonds. The lowest BCUT2D eigenvalue weighted by atomic mass is 10.2. The first-order valence-electron chi connectivity index (χ1n) is 8.56. The fourth-order valence-electron chi connectivity index (χ4n) is 2.39. The molecule has 3 aromatic rings. The minimum Gasteiger partial charge on any atom is -0.497 e. The fraction of sp³-hybridized carbons (Fsp3) is 0.136. The van der Waals surface area contributed by atoms with Gasteiger partial charge in [0.15, 0.2) is 0 Å². The normalized spacial score (nSPS) is 10.4. The first-order chi connectivity index (χ1) is 13.2. The number of rotatable bonds is 8. The predicted molar refractivity (Wildman–Crippen MR) is 115 cm³/mol. The van der Waals surface area contributed by atoms with Crippen molar-refractivity contribution in [3.8, 4) is 5.75 Å². The summed E-state index contributed by atoms with van der Waals surface area (Å²) >= 11 is 3.31. The number of methoxy groups -OCH3 is 1. The molecule has 0 radical (unpaired) electrons. The maximum atomic E-state index is 12.1. The van der Waals surface area contributed by atoms with Crippen LogP contribution in [-0.4, -0.2) is 18.8 Å². The number of amides is 1. The number of benzene rings is 3. The third kappa shape index (κ3) is 6.38. The number of nitrogens with one attached hydrogen (secondary N) is 1. The van der Waals surface area contributed by atoms with Crippen molar-refractivity contribution < 1.29 is 9.53 Å². The largest absolute Gasteiger partial charge is 0.497 e. The Morgan fingerprint density at radius 2 is 1.52 bits per heavy atom. The molecule has 3 rings (SSSR count). The summed E-state index contributed by atoms with van der Waals surface area (Å²) in [4.78, 5) is 14.4. The SMILES string of the molecule is COc1ccc(SCC(=O)Nc2ccc(CSc3ccccc3)cc2)cc1. The maximum absolute atomic E-state index is 12.1. The van der Waals surface area contributed by atoms with Crippen LogP contribution in [0.5, 0.6) is 5.75 Å². The van der Waals surface area contributed by atoms with Crippen LogP contribution in [-0.2, 0) is 10.5 Å². The van der Waals surface area contributed by atoms with E-state index < -0.39 is 0 Å². The number of hydrogen-bond donors (Lipinski definition) is 1. The Hall–Kier alpha value is -2.37. The number of carbonyl (C=O) groups excluding carboxylic acids is 1. The van der Waals surface area contributed by atoms with Crippen molar-refractivity contribution in [2.24, 2.45) is 0 Å². The second-order valence-corrected chi connectivity index (χ2v) is 7.91. The van der Waals surface area contributed by atoms with E-state index in [1.807, 2.05) is 54.6 Å². The van der Waals surface area contributed by atoms with Crippen molar-refractivity contribution >= 4 is 35.1 Å². The highest BCUT2D eigenvalue weighted by Gasteiger charge is 2.05. The Morgan fingerprint density at radius 3 is 2.19 bits per heavy atom. The average Bonchev–Trinajstić information content (AvgIpc) is 2.73. The highest BCUT2D eigenvalue weighted by atomic mass is 32.2. The lowest BCUT2D eigenvalue weighted by Crippen LogP contribution is -2.13. The molecule has 0 heterocycles. The summed E-state index contributed by atoms with van der Waals surface area (Å²) in [5.41, 5.74) is 2.05. The van der Waals surface area contributed by atoms with Gasteiger partial charge in [-0.05, 0) is 54.1 Å². The molecule has 0 aromatic heterocycles. The number of hydrogen-bond acceptors (Lipinski definition) is 4. The third-order valence-electron chi connectivity index (χ3n) is 3.82. The molecule has 0 aliphatic carbocycles. The van der Waals surface area contributed by atoms with E-state index in [1.54, 1.807) is 18.9 Å². The van der Waals surface area contributed by atoms with Crippen molar-refractivity contribution in [1.29, 1.82) is 0 Å². The summed E-state index contributed by atoms with van der Waals surface area (Å²) in [7, 11) is 1.64. The van der Waals surface area contributed by atoms with Crippen LogP contribution in [0.3, 0.4) is 0 Å². The molecule has 0 aliphatic rings. The van der Waals surface area contributed by atoms with Gasteiger partial charge in [0.25, 0.3) is 0 Å². The van der Waals surface area contributed by atoms with Crippen LogP contribution in [0.1, 0.15) is 5.56 Å². The smallest absolute Gasteiger partial charge is 0.234 e. The van der Waals surface area contributed by atoms with E-state index in [1.165, 1.54) is 22.2 Å². The Balaban J connectivity index is 1.45. The van der Waals surface area contributed by atoms with Gasteiger partial charge in [-0.3, -0.25) is 4.79 Å². The molecule has 138 valence electrons. The molecule has 5 heteroatoms. The molecular weight excluding hydrogens is 374 g/mol. The molecule has 0 saturated carbocycles. The van der Waals surface area contributed by atoms with Gasteiger partial charge >= 0.3 is 0 Å². The summed E-state index contributed by atoms with van der Waals surface area (Å²) < 4.78 is 5.14. The van der Waals surface area contributed by atoms with Crippen molar-refractivity contribution in [3.63, 3.8) is 0 Å². The van der Waals surface area contributed by atoms with Gasteiger partial charge in [-0.2, -0.15) is 0 Å². The van der Waals surface area contributed by atoms with Gasteiger partial charge in [-0.25, -0.2) is 0 Å². The number of carbonyl (C=O) groups is 1.